The van der Waals surface area contributed by atoms with Crippen LogP contribution in [0.2, 0.25) is 0 Å². The molecule has 3 rings (SSSR count). The Kier molecular flexibility index (Phi) is 3.90. The Morgan fingerprint density at radius 2 is 2.09 bits per heavy atom. The average molecular weight is 313 g/mol. The first kappa shape index (κ1) is 15.3. The first-order valence-corrected chi connectivity index (χ1v) is 7.57. The highest BCUT2D eigenvalue weighted by atomic mass is 16.3. The predicted octanol–water partition coefficient (Wildman–Crippen LogP) is 2.56. The van der Waals surface area contributed by atoms with Crippen molar-refractivity contribution in [3.8, 4) is 0 Å². The molecule has 2 aromatic rings. The second-order valence-electron chi connectivity index (χ2n) is 5.74. The van der Waals surface area contributed by atoms with E-state index in [1.54, 1.807) is 19.0 Å². The summed E-state index contributed by atoms with van der Waals surface area (Å²) in [6, 6.07) is 9.47. The Morgan fingerprint density at radius 3 is 2.78 bits per heavy atom. The minimum Gasteiger partial charge on any atom is -0.459 e. The van der Waals surface area contributed by atoms with Gasteiger partial charge < -0.3 is 9.32 Å². The Balaban J connectivity index is 1.81. The Labute approximate surface area is 134 Å². The molecule has 0 fully saturated rings. The summed E-state index contributed by atoms with van der Waals surface area (Å²) in [5.74, 6) is 0.467. The van der Waals surface area contributed by atoms with Crippen LogP contribution in [-0.4, -0.2) is 41.5 Å². The molecule has 0 aliphatic carbocycles. The number of hydrazone groups is 1. The van der Waals surface area contributed by atoms with E-state index in [1.165, 1.54) is 5.01 Å². The topological polar surface area (TPSA) is 66.1 Å². The summed E-state index contributed by atoms with van der Waals surface area (Å²) in [6.45, 7) is 1.91. The van der Waals surface area contributed by atoms with E-state index >= 15 is 0 Å². The molecule has 0 saturated carbocycles. The number of hydrogen-bond acceptors (Lipinski definition) is 4. The molecule has 120 valence electrons. The van der Waals surface area contributed by atoms with Gasteiger partial charge in [-0.2, -0.15) is 5.10 Å². The van der Waals surface area contributed by atoms with E-state index in [1.807, 2.05) is 37.3 Å². The van der Waals surface area contributed by atoms with Crippen molar-refractivity contribution in [1.82, 2.24) is 9.91 Å². The lowest BCUT2D eigenvalue weighted by molar-refractivity contribution is -0.130. The van der Waals surface area contributed by atoms with Crippen LogP contribution in [0.1, 0.15) is 31.6 Å². The number of benzene rings is 1. The molecule has 1 aliphatic heterocycles. The number of carbonyl (C=O) groups is 2. The lowest BCUT2D eigenvalue weighted by Crippen LogP contribution is -2.39. The second kappa shape index (κ2) is 5.87. The van der Waals surface area contributed by atoms with Crippen molar-refractivity contribution in [3.05, 3.63) is 36.1 Å². The van der Waals surface area contributed by atoms with Gasteiger partial charge in [0.15, 0.2) is 0 Å². The molecule has 1 atom stereocenters. The Hall–Kier alpha value is -2.63. The fraction of sp³-hybridized carbons (Fsp3) is 0.353. The maximum atomic E-state index is 12.6. The number of hydrogen-bond donors (Lipinski definition) is 0. The smallest absolute Gasteiger partial charge is 0.270 e. The molecule has 1 aliphatic rings. The van der Waals surface area contributed by atoms with E-state index in [0.29, 0.717) is 18.6 Å². The average Bonchev–Trinajstić information content (AvgIpc) is 2.99. The maximum absolute atomic E-state index is 12.6. The van der Waals surface area contributed by atoms with Crippen molar-refractivity contribution in [1.29, 1.82) is 0 Å². The molecule has 0 N–H and O–H groups in total. The van der Waals surface area contributed by atoms with Crippen LogP contribution < -0.4 is 0 Å². The van der Waals surface area contributed by atoms with Gasteiger partial charge in [-0.05, 0) is 19.1 Å². The summed E-state index contributed by atoms with van der Waals surface area (Å²) in [4.78, 5) is 25.7. The number of para-hydroxylation sites is 1. The quantitative estimate of drug-likeness (QED) is 0.874. The molecule has 0 bridgehead atoms. The molecule has 2 amide bonds. The zero-order valence-electron chi connectivity index (χ0n) is 13.4. The van der Waals surface area contributed by atoms with Crippen molar-refractivity contribution in [2.75, 3.05) is 14.1 Å². The third-order valence-electron chi connectivity index (χ3n) is 4.21. The number of carbonyl (C=O) groups excluding carboxylic acids is 2. The molecule has 2 heterocycles. The molecule has 6 nitrogen and oxygen atoms in total. The van der Waals surface area contributed by atoms with E-state index in [2.05, 4.69) is 5.10 Å². The second-order valence-corrected chi connectivity index (χ2v) is 5.74. The van der Waals surface area contributed by atoms with Crippen molar-refractivity contribution in [3.63, 3.8) is 0 Å². The summed E-state index contributed by atoms with van der Waals surface area (Å²) in [7, 11) is 3.29. The van der Waals surface area contributed by atoms with Crippen molar-refractivity contribution < 1.29 is 14.0 Å². The van der Waals surface area contributed by atoms with Crippen LogP contribution in [0.25, 0.3) is 11.0 Å². The molecule has 6 heteroatoms. The van der Waals surface area contributed by atoms with Gasteiger partial charge in [0.25, 0.3) is 5.91 Å². The van der Waals surface area contributed by atoms with Gasteiger partial charge in [-0.1, -0.05) is 18.2 Å². The summed E-state index contributed by atoms with van der Waals surface area (Å²) in [6.07, 6.45) is 0.688. The number of amides is 2. The SMILES string of the molecule is C[C@@H](c1cc2ccccc2o1)N(C)C(=O)C1=NN(C)C(=O)CC1. The minimum atomic E-state index is -0.222. The fourth-order valence-electron chi connectivity index (χ4n) is 2.60. The van der Waals surface area contributed by atoms with Crippen LogP contribution in [-0.2, 0) is 9.59 Å². The van der Waals surface area contributed by atoms with E-state index in [9.17, 15) is 9.59 Å². The van der Waals surface area contributed by atoms with Crippen LogP contribution in [0.15, 0.2) is 39.9 Å². The fourth-order valence-corrected chi connectivity index (χ4v) is 2.60. The largest absolute Gasteiger partial charge is 0.459 e. The zero-order valence-corrected chi connectivity index (χ0v) is 13.4. The van der Waals surface area contributed by atoms with Crippen LogP contribution >= 0.6 is 0 Å². The summed E-state index contributed by atoms with van der Waals surface area (Å²) >= 11 is 0. The lowest BCUT2D eigenvalue weighted by Gasteiger charge is -2.26. The van der Waals surface area contributed by atoms with Gasteiger partial charge in [-0.15, -0.1) is 0 Å². The minimum absolute atomic E-state index is 0.0745. The standard InChI is InChI=1S/C17H19N3O3/c1-11(15-10-12-6-4-5-7-14(12)23-15)19(2)17(22)13-8-9-16(21)20(3)18-13/h4-7,10-11H,8-9H2,1-3H3/t11-/m0/s1. The first-order chi connectivity index (χ1) is 11.0. The lowest BCUT2D eigenvalue weighted by atomic mass is 10.1. The van der Waals surface area contributed by atoms with Gasteiger partial charge in [0.1, 0.15) is 17.1 Å². The Morgan fingerprint density at radius 1 is 1.35 bits per heavy atom. The van der Waals surface area contributed by atoms with Crippen molar-refractivity contribution >= 4 is 28.5 Å². The van der Waals surface area contributed by atoms with E-state index in [-0.39, 0.29) is 17.9 Å². The molecule has 0 unspecified atom stereocenters. The van der Waals surface area contributed by atoms with Gasteiger partial charge in [-0.25, -0.2) is 5.01 Å². The molecule has 0 spiro atoms. The maximum Gasteiger partial charge on any atom is 0.270 e. The predicted molar refractivity (Wildman–Crippen MR) is 86.8 cm³/mol. The third-order valence-corrected chi connectivity index (χ3v) is 4.21. The highest BCUT2D eigenvalue weighted by Gasteiger charge is 2.28. The molecular weight excluding hydrogens is 294 g/mol. The van der Waals surface area contributed by atoms with E-state index < -0.39 is 0 Å². The summed E-state index contributed by atoms with van der Waals surface area (Å²) < 4.78 is 5.83. The van der Waals surface area contributed by atoms with Crippen LogP contribution in [0.3, 0.4) is 0 Å². The highest BCUT2D eigenvalue weighted by Crippen LogP contribution is 2.27. The van der Waals surface area contributed by atoms with Gasteiger partial charge in [-0.3, -0.25) is 9.59 Å². The van der Waals surface area contributed by atoms with Gasteiger partial charge in [0, 0.05) is 32.3 Å². The van der Waals surface area contributed by atoms with Crippen molar-refractivity contribution in [2.24, 2.45) is 5.10 Å². The van der Waals surface area contributed by atoms with Crippen LogP contribution in [0.5, 0.6) is 0 Å². The molecular formula is C17H19N3O3. The normalized spacial score (nSPS) is 16.4. The summed E-state index contributed by atoms with van der Waals surface area (Å²) in [5.41, 5.74) is 1.20. The molecule has 1 aromatic heterocycles. The zero-order chi connectivity index (χ0) is 16.6. The van der Waals surface area contributed by atoms with Gasteiger partial charge >= 0.3 is 0 Å². The van der Waals surface area contributed by atoms with Crippen LogP contribution in [0, 0.1) is 0 Å². The molecule has 0 radical (unpaired) electrons. The number of furan rings is 1. The van der Waals surface area contributed by atoms with Crippen molar-refractivity contribution in [2.45, 2.75) is 25.8 Å². The van der Waals surface area contributed by atoms with E-state index in [4.69, 9.17) is 4.42 Å². The Bertz CT molecular complexity index is 760. The number of rotatable bonds is 3. The summed E-state index contributed by atoms with van der Waals surface area (Å²) in [5, 5.41) is 6.32. The molecule has 0 saturated heterocycles. The van der Waals surface area contributed by atoms with Gasteiger partial charge in [0.05, 0.1) is 6.04 Å². The highest BCUT2D eigenvalue weighted by molar-refractivity contribution is 6.39. The first-order valence-electron chi connectivity index (χ1n) is 7.57. The molecule has 1 aromatic carbocycles. The van der Waals surface area contributed by atoms with Crippen LogP contribution in [0.4, 0.5) is 0 Å². The third kappa shape index (κ3) is 2.84. The number of nitrogens with zero attached hydrogens (tertiary/aromatic N) is 3. The van der Waals surface area contributed by atoms with E-state index in [0.717, 1.165) is 16.7 Å². The monoisotopic (exact) mass is 313 g/mol. The number of fused-ring (bicyclic) bond motifs is 1. The van der Waals surface area contributed by atoms with Gasteiger partial charge in [0.2, 0.25) is 5.91 Å². The molecule has 23 heavy (non-hydrogen) atoms.